The number of H-pyrrole nitrogens is 1. The van der Waals surface area contributed by atoms with Gasteiger partial charge >= 0.3 is 0 Å². The number of benzene rings is 2. The third-order valence-corrected chi connectivity index (χ3v) is 4.94. The maximum Gasteiger partial charge on any atom is 0.251 e. The summed E-state index contributed by atoms with van der Waals surface area (Å²) in [5, 5.41) is 10.7. The largest absolute Gasteiger partial charge is 0.348 e. The maximum atomic E-state index is 12.4. The number of rotatable bonds is 4. The van der Waals surface area contributed by atoms with Gasteiger partial charge in [0.2, 0.25) is 0 Å². The molecule has 0 unspecified atom stereocenters. The number of aromatic nitrogens is 4. The number of fused-ring (bicyclic) bond motifs is 1. The number of hydrogen-bond donors (Lipinski definition) is 2. The van der Waals surface area contributed by atoms with Crippen LogP contribution < -0.4 is 5.32 Å². The van der Waals surface area contributed by atoms with Crippen molar-refractivity contribution in [1.29, 1.82) is 0 Å². The molecule has 2 aromatic heterocycles. The number of amides is 1. The van der Waals surface area contributed by atoms with Gasteiger partial charge in [0.15, 0.2) is 5.65 Å². The van der Waals surface area contributed by atoms with Crippen molar-refractivity contribution in [3.05, 3.63) is 77.7 Å². The Kier molecular flexibility index (Phi) is 4.84. The standard InChI is InChI=1S/C23H23N5O/c1-23(2,3)18-10-8-17(9-11-18)22(29)24-12-15-4-6-16(7-5-15)20-19-13-27-28-21(19)26-14-25-20/h4-11,13-14H,12H2,1-3H3,(H,24,29)(H,25,26,27,28). The number of aromatic amines is 1. The first-order chi connectivity index (χ1) is 13.9. The summed E-state index contributed by atoms with van der Waals surface area (Å²) in [6.07, 6.45) is 3.25. The molecule has 0 fully saturated rings. The van der Waals surface area contributed by atoms with E-state index in [0.717, 1.165) is 22.2 Å². The van der Waals surface area contributed by atoms with E-state index in [2.05, 4.69) is 46.3 Å². The van der Waals surface area contributed by atoms with Crippen molar-refractivity contribution in [1.82, 2.24) is 25.5 Å². The minimum Gasteiger partial charge on any atom is -0.348 e. The molecule has 0 atom stereocenters. The molecule has 146 valence electrons. The second kappa shape index (κ2) is 7.47. The van der Waals surface area contributed by atoms with E-state index in [1.807, 2.05) is 48.5 Å². The van der Waals surface area contributed by atoms with E-state index in [4.69, 9.17) is 0 Å². The van der Waals surface area contributed by atoms with Crippen LogP contribution in [0.4, 0.5) is 0 Å². The number of nitrogens with one attached hydrogen (secondary N) is 2. The normalized spacial score (nSPS) is 11.6. The van der Waals surface area contributed by atoms with Gasteiger partial charge in [0.25, 0.3) is 5.91 Å². The predicted octanol–water partition coefficient (Wildman–Crippen LogP) is 4.25. The minimum atomic E-state index is -0.0783. The van der Waals surface area contributed by atoms with Crippen molar-refractivity contribution >= 4 is 16.9 Å². The summed E-state index contributed by atoms with van der Waals surface area (Å²) in [5.41, 5.74) is 5.49. The molecule has 4 aromatic rings. The fourth-order valence-corrected chi connectivity index (χ4v) is 3.18. The average Bonchev–Trinajstić information content (AvgIpc) is 3.21. The fraction of sp³-hybridized carbons (Fsp3) is 0.217. The fourth-order valence-electron chi connectivity index (χ4n) is 3.18. The van der Waals surface area contributed by atoms with Crippen LogP contribution in [0.15, 0.2) is 61.1 Å². The minimum absolute atomic E-state index is 0.0719. The summed E-state index contributed by atoms with van der Waals surface area (Å²) in [6.45, 7) is 6.94. The lowest BCUT2D eigenvalue weighted by Gasteiger charge is -2.19. The summed E-state index contributed by atoms with van der Waals surface area (Å²) in [6, 6.07) is 15.8. The number of hydrogen-bond acceptors (Lipinski definition) is 4. The van der Waals surface area contributed by atoms with Gasteiger partial charge in [0, 0.05) is 17.7 Å². The SMILES string of the molecule is CC(C)(C)c1ccc(C(=O)NCc2ccc(-c3ncnc4[nH]ncc34)cc2)cc1. The molecule has 2 heterocycles. The van der Waals surface area contributed by atoms with E-state index in [9.17, 15) is 4.79 Å². The first kappa shape index (κ1) is 18.8. The van der Waals surface area contributed by atoms with Crippen LogP contribution in [0, 0.1) is 0 Å². The van der Waals surface area contributed by atoms with Crippen molar-refractivity contribution in [2.75, 3.05) is 0 Å². The molecule has 29 heavy (non-hydrogen) atoms. The highest BCUT2D eigenvalue weighted by Crippen LogP contribution is 2.24. The topological polar surface area (TPSA) is 83.6 Å². The third-order valence-electron chi connectivity index (χ3n) is 4.94. The van der Waals surface area contributed by atoms with Crippen LogP contribution in [0.2, 0.25) is 0 Å². The zero-order valence-corrected chi connectivity index (χ0v) is 16.7. The summed E-state index contributed by atoms with van der Waals surface area (Å²) in [7, 11) is 0. The lowest BCUT2D eigenvalue weighted by Crippen LogP contribution is -2.23. The van der Waals surface area contributed by atoms with Crippen LogP contribution in [0.1, 0.15) is 42.3 Å². The van der Waals surface area contributed by atoms with Crippen molar-refractivity contribution < 1.29 is 4.79 Å². The molecule has 2 aromatic carbocycles. The zero-order valence-electron chi connectivity index (χ0n) is 16.7. The lowest BCUT2D eigenvalue weighted by molar-refractivity contribution is 0.0951. The molecule has 0 saturated heterocycles. The van der Waals surface area contributed by atoms with Crippen molar-refractivity contribution in [3.63, 3.8) is 0 Å². The maximum absolute atomic E-state index is 12.4. The van der Waals surface area contributed by atoms with Gasteiger partial charge in [0.05, 0.1) is 17.3 Å². The Hall–Kier alpha value is -3.54. The Morgan fingerprint density at radius 3 is 2.41 bits per heavy atom. The van der Waals surface area contributed by atoms with Gasteiger partial charge in [-0.05, 0) is 28.7 Å². The highest BCUT2D eigenvalue weighted by molar-refractivity contribution is 5.94. The van der Waals surface area contributed by atoms with Crippen molar-refractivity contribution in [3.8, 4) is 11.3 Å². The zero-order chi connectivity index (χ0) is 20.4. The van der Waals surface area contributed by atoms with E-state index in [0.29, 0.717) is 17.8 Å². The molecule has 6 nitrogen and oxygen atoms in total. The molecule has 0 aliphatic rings. The molecule has 2 N–H and O–H groups in total. The molecule has 1 amide bonds. The van der Waals surface area contributed by atoms with E-state index >= 15 is 0 Å². The Bertz CT molecular complexity index is 1140. The summed E-state index contributed by atoms with van der Waals surface area (Å²) in [4.78, 5) is 21.0. The van der Waals surface area contributed by atoms with Gasteiger partial charge in [-0.25, -0.2) is 9.97 Å². The molecule has 0 aliphatic heterocycles. The third kappa shape index (κ3) is 4.01. The average molecular weight is 385 g/mol. The van der Waals surface area contributed by atoms with Gasteiger partial charge < -0.3 is 5.32 Å². The van der Waals surface area contributed by atoms with E-state index < -0.39 is 0 Å². The van der Waals surface area contributed by atoms with Gasteiger partial charge in [0.1, 0.15) is 6.33 Å². The van der Waals surface area contributed by atoms with Gasteiger partial charge in [-0.2, -0.15) is 5.10 Å². The second-order valence-corrected chi connectivity index (χ2v) is 8.06. The lowest BCUT2D eigenvalue weighted by atomic mass is 9.87. The predicted molar refractivity (Wildman–Crippen MR) is 113 cm³/mol. The molecule has 0 bridgehead atoms. The van der Waals surface area contributed by atoms with E-state index in [1.165, 1.54) is 11.9 Å². The van der Waals surface area contributed by atoms with E-state index in [-0.39, 0.29) is 11.3 Å². The Morgan fingerprint density at radius 1 is 1.00 bits per heavy atom. The van der Waals surface area contributed by atoms with Crippen molar-refractivity contribution in [2.45, 2.75) is 32.7 Å². The van der Waals surface area contributed by atoms with Crippen LogP contribution in [0.25, 0.3) is 22.3 Å². The van der Waals surface area contributed by atoms with Gasteiger partial charge in [-0.3, -0.25) is 9.89 Å². The Balaban J connectivity index is 1.43. The quantitative estimate of drug-likeness (QED) is 0.550. The number of nitrogens with zero attached hydrogens (tertiary/aromatic N) is 3. The highest BCUT2D eigenvalue weighted by atomic mass is 16.1. The molecular formula is C23H23N5O. The second-order valence-electron chi connectivity index (χ2n) is 8.06. The number of carbonyl (C=O) groups excluding carboxylic acids is 1. The van der Waals surface area contributed by atoms with Crippen LogP contribution in [0.3, 0.4) is 0 Å². The van der Waals surface area contributed by atoms with Gasteiger partial charge in [-0.1, -0.05) is 57.2 Å². The summed E-state index contributed by atoms with van der Waals surface area (Å²) in [5.74, 6) is -0.0783. The molecule has 6 heteroatoms. The Labute approximate surface area is 169 Å². The molecule has 0 spiro atoms. The molecule has 4 rings (SSSR count). The van der Waals surface area contributed by atoms with Crippen LogP contribution >= 0.6 is 0 Å². The van der Waals surface area contributed by atoms with Gasteiger partial charge in [-0.15, -0.1) is 0 Å². The molecular weight excluding hydrogens is 362 g/mol. The Morgan fingerprint density at radius 2 is 1.72 bits per heavy atom. The van der Waals surface area contributed by atoms with Crippen LogP contribution in [-0.4, -0.2) is 26.1 Å². The highest BCUT2D eigenvalue weighted by Gasteiger charge is 2.14. The number of carbonyl (C=O) groups is 1. The first-order valence-electron chi connectivity index (χ1n) is 9.54. The molecule has 0 saturated carbocycles. The van der Waals surface area contributed by atoms with E-state index in [1.54, 1.807) is 6.20 Å². The first-order valence-corrected chi connectivity index (χ1v) is 9.54. The smallest absolute Gasteiger partial charge is 0.251 e. The summed E-state index contributed by atoms with van der Waals surface area (Å²) >= 11 is 0. The van der Waals surface area contributed by atoms with Crippen molar-refractivity contribution in [2.24, 2.45) is 0 Å². The molecule has 0 aliphatic carbocycles. The summed E-state index contributed by atoms with van der Waals surface area (Å²) < 4.78 is 0. The molecule has 0 radical (unpaired) electrons. The van der Waals surface area contributed by atoms with Crippen LogP contribution in [0.5, 0.6) is 0 Å². The van der Waals surface area contributed by atoms with Crippen LogP contribution in [-0.2, 0) is 12.0 Å². The monoisotopic (exact) mass is 385 g/mol.